The first-order valence-electron chi connectivity index (χ1n) is 8.89. The number of sulfonamides is 1. The van der Waals surface area contributed by atoms with E-state index in [1.165, 1.54) is 23.5 Å². The number of hydrogen-bond acceptors (Lipinski definition) is 4. The van der Waals surface area contributed by atoms with Crippen LogP contribution in [0, 0.1) is 0 Å². The summed E-state index contributed by atoms with van der Waals surface area (Å²) in [6, 6.07) is 13.8. The normalized spacial score (nSPS) is 12.6. The highest BCUT2D eigenvalue weighted by atomic mass is 32.2. The lowest BCUT2D eigenvalue weighted by atomic mass is 10.1. The summed E-state index contributed by atoms with van der Waals surface area (Å²) in [6.45, 7) is 6.09. The molecule has 0 aliphatic rings. The Bertz CT molecular complexity index is 878. The molecule has 146 valence electrons. The van der Waals surface area contributed by atoms with E-state index in [-0.39, 0.29) is 28.2 Å². The van der Waals surface area contributed by atoms with Crippen molar-refractivity contribution < 1.29 is 17.9 Å². The fraction of sp³-hybridized carbons (Fsp3) is 0.350. The van der Waals surface area contributed by atoms with Crippen LogP contribution in [-0.2, 0) is 10.0 Å². The molecule has 0 saturated heterocycles. The van der Waals surface area contributed by atoms with E-state index in [2.05, 4.69) is 5.32 Å². The molecule has 1 atom stereocenters. The standard InChI is InChI=1S/C20H26N2O4S/c1-5-22(6-2)27(24,25)19-14-17(12-13-18(19)26-4)20(23)21-15(3)16-10-8-7-9-11-16/h7-15H,5-6H2,1-4H3,(H,21,23). The number of rotatable bonds is 8. The number of hydrogen-bond donors (Lipinski definition) is 1. The minimum atomic E-state index is -3.75. The van der Waals surface area contributed by atoms with E-state index in [9.17, 15) is 13.2 Å². The van der Waals surface area contributed by atoms with E-state index in [0.717, 1.165) is 5.56 Å². The molecule has 7 heteroatoms. The van der Waals surface area contributed by atoms with Gasteiger partial charge in [0.15, 0.2) is 0 Å². The van der Waals surface area contributed by atoms with Gasteiger partial charge in [0.1, 0.15) is 10.6 Å². The molecule has 0 bridgehead atoms. The van der Waals surface area contributed by atoms with Gasteiger partial charge in [-0.05, 0) is 30.7 Å². The zero-order valence-electron chi connectivity index (χ0n) is 16.1. The van der Waals surface area contributed by atoms with Crippen LogP contribution in [0.4, 0.5) is 0 Å². The number of benzene rings is 2. The van der Waals surface area contributed by atoms with Crippen molar-refractivity contribution in [3.63, 3.8) is 0 Å². The van der Waals surface area contributed by atoms with Crippen molar-refractivity contribution in [1.82, 2.24) is 9.62 Å². The van der Waals surface area contributed by atoms with Crippen molar-refractivity contribution in [3.8, 4) is 5.75 Å². The van der Waals surface area contributed by atoms with Gasteiger partial charge in [-0.3, -0.25) is 4.79 Å². The van der Waals surface area contributed by atoms with Crippen LogP contribution < -0.4 is 10.1 Å². The number of amides is 1. The number of nitrogens with zero attached hydrogens (tertiary/aromatic N) is 1. The number of carbonyl (C=O) groups excluding carboxylic acids is 1. The molecule has 27 heavy (non-hydrogen) atoms. The number of ether oxygens (including phenoxy) is 1. The largest absolute Gasteiger partial charge is 0.495 e. The Hall–Kier alpha value is -2.38. The van der Waals surface area contributed by atoms with Crippen LogP contribution in [-0.4, -0.2) is 38.8 Å². The lowest BCUT2D eigenvalue weighted by molar-refractivity contribution is 0.0939. The summed E-state index contributed by atoms with van der Waals surface area (Å²) in [5.74, 6) is -0.125. The highest BCUT2D eigenvalue weighted by Gasteiger charge is 2.27. The zero-order chi connectivity index (χ0) is 20.0. The maximum absolute atomic E-state index is 12.9. The lowest BCUT2D eigenvalue weighted by Crippen LogP contribution is -2.31. The molecule has 0 fully saturated rings. The quantitative estimate of drug-likeness (QED) is 0.751. The van der Waals surface area contributed by atoms with E-state index in [1.54, 1.807) is 19.9 Å². The second-order valence-electron chi connectivity index (χ2n) is 6.06. The molecule has 0 saturated carbocycles. The SMILES string of the molecule is CCN(CC)S(=O)(=O)c1cc(C(=O)NC(C)c2ccccc2)ccc1OC. The van der Waals surface area contributed by atoms with Crippen molar-refractivity contribution in [2.45, 2.75) is 31.7 Å². The second-order valence-corrected chi connectivity index (χ2v) is 7.97. The smallest absolute Gasteiger partial charge is 0.251 e. The van der Waals surface area contributed by atoms with Gasteiger partial charge in [0.05, 0.1) is 13.2 Å². The first kappa shape index (κ1) is 20.9. The van der Waals surface area contributed by atoms with E-state index < -0.39 is 10.0 Å². The Labute approximate surface area is 161 Å². The summed E-state index contributed by atoms with van der Waals surface area (Å²) in [5.41, 5.74) is 1.24. The maximum Gasteiger partial charge on any atom is 0.251 e. The molecule has 1 unspecified atom stereocenters. The predicted octanol–water partition coefficient (Wildman–Crippen LogP) is 3.22. The van der Waals surface area contributed by atoms with E-state index in [4.69, 9.17) is 4.74 Å². The Balaban J connectivity index is 2.35. The van der Waals surface area contributed by atoms with Gasteiger partial charge in [0, 0.05) is 18.7 Å². The monoisotopic (exact) mass is 390 g/mol. The van der Waals surface area contributed by atoms with Crippen LogP contribution in [0.25, 0.3) is 0 Å². The fourth-order valence-corrected chi connectivity index (χ4v) is 4.47. The highest BCUT2D eigenvalue weighted by molar-refractivity contribution is 7.89. The van der Waals surface area contributed by atoms with Crippen LogP contribution in [0.3, 0.4) is 0 Å². The van der Waals surface area contributed by atoms with Gasteiger partial charge in [-0.2, -0.15) is 4.31 Å². The molecule has 1 N–H and O–H groups in total. The van der Waals surface area contributed by atoms with Gasteiger partial charge in [-0.15, -0.1) is 0 Å². The molecule has 0 aliphatic heterocycles. The van der Waals surface area contributed by atoms with Crippen molar-refractivity contribution >= 4 is 15.9 Å². The Morgan fingerprint density at radius 3 is 2.30 bits per heavy atom. The Morgan fingerprint density at radius 1 is 1.11 bits per heavy atom. The van der Waals surface area contributed by atoms with Gasteiger partial charge in [0.2, 0.25) is 10.0 Å². The third kappa shape index (κ3) is 4.67. The van der Waals surface area contributed by atoms with Gasteiger partial charge < -0.3 is 10.1 Å². The van der Waals surface area contributed by atoms with Crippen molar-refractivity contribution in [1.29, 1.82) is 0 Å². The molecule has 1 amide bonds. The van der Waals surface area contributed by atoms with Crippen molar-refractivity contribution in [2.24, 2.45) is 0 Å². The molecule has 0 aliphatic carbocycles. The molecule has 0 radical (unpaired) electrons. The molecular weight excluding hydrogens is 364 g/mol. The van der Waals surface area contributed by atoms with Gasteiger partial charge in [0.25, 0.3) is 5.91 Å². The highest BCUT2D eigenvalue weighted by Crippen LogP contribution is 2.28. The van der Waals surface area contributed by atoms with Crippen molar-refractivity contribution in [3.05, 3.63) is 59.7 Å². The molecule has 6 nitrogen and oxygen atoms in total. The Kier molecular flexibility index (Phi) is 6.98. The molecule has 2 aromatic carbocycles. The van der Waals surface area contributed by atoms with Gasteiger partial charge in [-0.1, -0.05) is 44.2 Å². The summed E-state index contributed by atoms with van der Waals surface area (Å²) < 4.78 is 32.4. The number of carbonyl (C=O) groups is 1. The topological polar surface area (TPSA) is 75.7 Å². The molecule has 2 rings (SSSR count). The molecule has 0 spiro atoms. The summed E-state index contributed by atoms with van der Waals surface area (Å²) in [7, 11) is -2.34. The third-order valence-corrected chi connectivity index (χ3v) is 6.47. The minimum absolute atomic E-state index is 0.00582. The molecule has 0 aromatic heterocycles. The molecular formula is C20H26N2O4S. The van der Waals surface area contributed by atoms with Crippen LogP contribution in [0.1, 0.15) is 42.7 Å². The summed E-state index contributed by atoms with van der Waals surface area (Å²) in [4.78, 5) is 12.6. The van der Waals surface area contributed by atoms with Gasteiger partial charge in [-0.25, -0.2) is 8.42 Å². The first-order valence-corrected chi connectivity index (χ1v) is 10.3. The lowest BCUT2D eigenvalue weighted by Gasteiger charge is -2.21. The van der Waals surface area contributed by atoms with E-state index >= 15 is 0 Å². The molecule has 2 aromatic rings. The van der Waals surface area contributed by atoms with Crippen LogP contribution >= 0.6 is 0 Å². The number of nitrogens with one attached hydrogen (secondary N) is 1. The summed E-state index contributed by atoms with van der Waals surface area (Å²) in [6.07, 6.45) is 0. The molecule has 0 heterocycles. The van der Waals surface area contributed by atoms with Crippen LogP contribution in [0.5, 0.6) is 5.75 Å². The average molecular weight is 391 g/mol. The maximum atomic E-state index is 12.9. The third-order valence-electron chi connectivity index (χ3n) is 4.40. The summed E-state index contributed by atoms with van der Waals surface area (Å²) >= 11 is 0. The predicted molar refractivity (Wildman–Crippen MR) is 105 cm³/mol. The van der Waals surface area contributed by atoms with Crippen molar-refractivity contribution in [2.75, 3.05) is 20.2 Å². The fourth-order valence-electron chi connectivity index (χ4n) is 2.83. The van der Waals surface area contributed by atoms with Gasteiger partial charge >= 0.3 is 0 Å². The summed E-state index contributed by atoms with van der Waals surface area (Å²) in [5, 5.41) is 2.90. The van der Waals surface area contributed by atoms with Crippen LogP contribution in [0.15, 0.2) is 53.4 Å². The number of methoxy groups -OCH3 is 1. The van der Waals surface area contributed by atoms with Crippen LogP contribution in [0.2, 0.25) is 0 Å². The second kappa shape index (κ2) is 9.01. The van der Waals surface area contributed by atoms with E-state index in [1.807, 2.05) is 37.3 Å². The zero-order valence-corrected chi connectivity index (χ0v) is 16.9. The Morgan fingerprint density at radius 2 is 1.74 bits per heavy atom. The first-order chi connectivity index (χ1) is 12.8. The van der Waals surface area contributed by atoms with E-state index in [0.29, 0.717) is 13.1 Å². The minimum Gasteiger partial charge on any atom is -0.495 e. The average Bonchev–Trinajstić information content (AvgIpc) is 2.68.